The van der Waals surface area contributed by atoms with E-state index in [0.717, 1.165) is 44.7 Å². The lowest BCUT2D eigenvalue weighted by molar-refractivity contribution is 0.286. The molecule has 0 spiro atoms. The number of aliphatic imine (C=N–C) groups is 1. The maximum absolute atomic E-state index is 4.55. The minimum atomic E-state index is 0. The van der Waals surface area contributed by atoms with Gasteiger partial charge in [0.25, 0.3) is 0 Å². The minimum absolute atomic E-state index is 0. The average molecular weight is 366 g/mol. The fourth-order valence-electron chi connectivity index (χ4n) is 1.84. The third kappa shape index (κ3) is 7.20. The van der Waals surface area contributed by atoms with E-state index in [1.54, 1.807) is 0 Å². The molecule has 0 radical (unpaired) electrons. The summed E-state index contributed by atoms with van der Waals surface area (Å²) in [6.45, 7) is 12.7. The Bertz CT molecular complexity index is 251. The fraction of sp³-hybridized carbons (Fsp3) is 0.769. The molecule has 1 aliphatic carbocycles. The molecule has 2 N–H and O–H groups in total. The van der Waals surface area contributed by atoms with Crippen LogP contribution in [-0.2, 0) is 0 Å². The molecule has 4 nitrogen and oxygen atoms in total. The van der Waals surface area contributed by atoms with Crippen molar-refractivity contribution >= 4 is 29.9 Å². The molecule has 0 aromatic rings. The van der Waals surface area contributed by atoms with Crippen molar-refractivity contribution in [2.75, 3.05) is 32.7 Å². The zero-order valence-electron chi connectivity index (χ0n) is 11.6. The molecular formula is C13H27IN4. The highest BCUT2D eigenvalue weighted by Gasteiger charge is 2.26. The van der Waals surface area contributed by atoms with Crippen LogP contribution in [0.3, 0.4) is 0 Å². The Balaban J connectivity index is 0.00000289. The maximum atomic E-state index is 4.55. The summed E-state index contributed by atoms with van der Waals surface area (Å²) in [5.74, 6) is 0.888. The number of rotatable bonds is 8. The van der Waals surface area contributed by atoms with E-state index in [1.165, 1.54) is 12.8 Å². The van der Waals surface area contributed by atoms with Crippen LogP contribution in [0.1, 0.15) is 26.7 Å². The molecule has 0 aromatic carbocycles. The summed E-state index contributed by atoms with van der Waals surface area (Å²) in [6.07, 6.45) is 4.58. The summed E-state index contributed by atoms with van der Waals surface area (Å²) < 4.78 is 0. The number of hydrogen-bond acceptors (Lipinski definition) is 2. The van der Waals surface area contributed by atoms with Crippen LogP contribution in [0.5, 0.6) is 0 Å². The third-order valence-corrected chi connectivity index (χ3v) is 2.88. The zero-order valence-corrected chi connectivity index (χ0v) is 13.9. The predicted octanol–water partition coefficient (Wildman–Crippen LogP) is 1.83. The van der Waals surface area contributed by atoms with Gasteiger partial charge in [0, 0.05) is 25.7 Å². The molecule has 0 amide bonds. The normalized spacial score (nSPS) is 15.2. The van der Waals surface area contributed by atoms with E-state index in [9.17, 15) is 0 Å². The van der Waals surface area contributed by atoms with Gasteiger partial charge in [0.15, 0.2) is 5.96 Å². The van der Waals surface area contributed by atoms with Gasteiger partial charge in [-0.3, -0.25) is 9.89 Å². The van der Waals surface area contributed by atoms with Crippen LogP contribution in [-0.4, -0.2) is 49.6 Å². The predicted molar refractivity (Wildman–Crippen MR) is 89.9 cm³/mol. The van der Waals surface area contributed by atoms with Crippen molar-refractivity contribution in [1.82, 2.24) is 15.5 Å². The van der Waals surface area contributed by atoms with Gasteiger partial charge in [-0.05, 0) is 26.3 Å². The van der Waals surface area contributed by atoms with Gasteiger partial charge in [0.05, 0.1) is 6.54 Å². The lowest BCUT2D eigenvalue weighted by Crippen LogP contribution is -2.38. The number of nitrogens with one attached hydrogen (secondary N) is 2. The molecule has 1 aliphatic rings. The third-order valence-electron chi connectivity index (χ3n) is 2.88. The van der Waals surface area contributed by atoms with Crippen LogP contribution in [0.15, 0.2) is 17.6 Å². The quantitative estimate of drug-likeness (QED) is 0.298. The molecule has 0 aromatic heterocycles. The number of hydrogen-bond donors (Lipinski definition) is 2. The molecule has 0 unspecified atom stereocenters. The van der Waals surface area contributed by atoms with Crippen molar-refractivity contribution in [3.8, 4) is 0 Å². The highest BCUT2D eigenvalue weighted by molar-refractivity contribution is 14.0. The molecule has 18 heavy (non-hydrogen) atoms. The summed E-state index contributed by atoms with van der Waals surface area (Å²) in [4.78, 5) is 7.07. The van der Waals surface area contributed by atoms with E-state index < -0.39 is 0 Å². The first-order valence-corrected chi connectivity index (χ1v) is 6.68. The summed E-state index contributed by atoms with van der Waals surface area (Å²) in [6, 6.07) is 0.832. The SMILES string of the molecule is C=CCNC(=NCCN(CC)C1CC1)NCC.I. The van der Waals surface area contributed by atoms with Gasteiger partial charge >= 0.3 is 0 Å². The molecule has 1 fully saturated rings. The molecule has 0 atom stereocenters. The summed E-state index contributed by atoms with van der Waals surface area (Å²) >= 11 is 0. The summed E-state index contributed by atoms with van der Waals surface area (Å²) in [5, 5.41) is 6.44. The lowest BCUT2D eigenvalue weighted by atomic mass is 10.4. The van der Waals surface area contributed by atoms with E-state index in [-0.39, 0.29) is 24.0 Å². The van der Waals surface area contributed by atoms with Crippen molar-refractivity contribution in [3.05, 3.63) is 12.7 Å². The van der Waals surface area contributed by atoms with Gasteiger partial charge in [-0.15, -0.1) is 30.6 Å². The highest BCUT2D eigenvalue weighted by atomic mass is 127. The van der Waals surface area contributed by atoms with Gasteiger partial charge in [0.2, 0.25) is 0 Å². The van der Waals surface area contributed by atoms with Gasteiger partial charge in [-0.2, -0.15) is 0 Å². The van der Waals surface area contributed by atoms with Crippen molar-refractivity contribution in [3.63, 3.8) is 0 Å². The Morgan fingerprint density at radius 2 is 2.11 bits per heavy atom. The molecule has 0 aliphatic heterocycles. The van der Waals surface area contributed by atoms with Gasteiger partial charge in [-0.25, -0.2) is 0 Å². The van der Waals surface area contributed by atoms with E-state index in [2.05, 4.69) is 41.0 Å². The Labute approximate surface area is 128 Å². The van der Waals surface area contributed by atoms with Gasteiger partial charge in [-0.1, -0.05) is 13.0 Å². The van der Waals surface area contributed by atoms with E-state index in [0.29, 0.717) is 0 Å². The van der Waals surface area contributed by atoms with Gasteiger partial charge in [0.1, 0.15) is 0 Å². The van der Waals surface area contributed by atoms with E-state index in [1.807, 2.05) is 6.08 Å². The van der Waals surface area contributed by atoms with Crippen LogP contribution in [0.2, 0.25) is 0 Å². The largest absolute Gasteiger partial charge is 0.357 e. The standard InChI is InChI=1S/C13H26N4.HI/c1-4-9-15-13(14-5-2)16-10-11-17(6-3)12-7-8-12;/h4,12H,1,5-11H2,2-3H3,(H2,14,15,16);1H. The molecule has 0 heterocycles. The molecule has 5 heteroatoms. The van der Waals surface area contributed by atoms with E-state index in [4.69, 9.17) is 0 Å². The van der Waals surface area contributed by atoms with Crippen molar-refractivity contribution in [2.24, 2.45) is 4.99 Å². The lowest BCUT2D eigenvalue weighted by Gasteiger charge is -2.18. The fourth-order valence-corrected chi connectivity index (χ4v) is 1.84. The highest BCUT2D eigenvalue weighted by Crippen LogP contribution is 2.25. The number of likely N-dealkylation sites (N-methyl/N-ethyl adjacent to an activating group) is 1. The molecule has 1 rings (SSSR count). The number of halogens is 1. The Morgan fingerprint density at radius 1 is 1.39 bits per heavy atom. The zero-order chi connectivity index (χ0) is 12.5. The topological polar surface area (TPSA) is 39.7 Å². The Morgan fingerprint density at radius 3 is 2.61 bits per heavy atom. The molecular weight excluding hydrogens is 339 g/mol. The monoisotopic (exact) mass is 366 g/mol. The molecule has 1 saturated carbocycles. The first-order chi connectivity index (χ1) is 8.31. The van der Waals surface area contributed by atoms with Crippen molar-refractivity contribution in [2.45, 2.75) is 32.7 Å². The van der Waals surface area contributed by atoms with Crippen LogP contribution in [0, 0.1) is 0 Å². The first-order valence-electron chi connectivity index (χ1n) is 6.68. The second-order valence-corrected chi connectivity index (χ2v) is 4.29. The summed E-state index contributed by atoms with van der Waals surface area (Å²) in [7, 11) is 0. The van der Waals surface area contributed by atoms with Gasteiger partial charge < -0.3 is 10.6 Å². The molecule has 106 valence electrons. The van der Waals surface area contributed by atoms with Crippen LogP contribution in [0.4, 0.5) is 0 Å². The number of guanidine groups is 1. The van der Waals surface area contributed by atoms with Crippen LogP contribution >= 0.6 is 24.0 Å². The Hall–Kier alpha value is -0.300. The average Bonchev–Trinajstić information content (AvgIpc) is 3.15. The maximum Gasteiger partial charge on any atom is 0.191 e. The molecule has 0 bridgehead atoms. The second-order valence-electron chi connectivity index (χ2n) is 4.29. The number of nitrogens with zero attached hydrogens (tertiary/aromatic N) is 2. The van der Waals surface area contributed by atoms with Crippen LogP contribution < -0.4 is 10.6 Å². The minimum Gasteiger partial charge on any atom is -0.357 e. The van der Waals surface area contributed by atoms with Crippen LogP contribution in [0.25, 0.3) is 0 Å². The van der Waals surface area contributed by atoms with Crippen molar-refractivity contribution < 1.29 is 0 Å². The second kappa shape index (κ2) is 10.6. The molecule has 0 saturated heterocycles. The first kappa shape index (κ1) is 17.7. The summed E-state index contributed by atoms with van der Waals surface area (Å²) in [5.41, 5.74) is 0. The smallest absolute Gasteiger partial charge is 0.191 e. The Kier molecular flexibility index (Phi) is 10.4. The van der Waals surface area contributed by atoms with E-state index >= 15 is 0 Å². The van der Waals surface area contributed by atoms with Crippen molar-refractivity contribution in [1.29, 1.82) is 0 Å².